The van der Waals surface area contributed by atoms with Gasteiger partial charge in [-0.3, -0.25) is 9.69 Å². The number of ether oxygens (including phenoxy) is 1. The van der Waals surface area contributed by atoms with Crippen molar-refractivity contribution in [1.29, 1.82) is 0 Å². The molecule has 3 rings (SSSR count). The van der Waals surface area contributed by atoms with E-state index in [0.717, 1.165) is 12.0 Å². The lowest BCUT2D eigenvalue weighted by Crippen LogP contribution is -2.52. The van der Waals surface area contributed by atoms with E-state index in [-0.39, 0.29) is 6.61 Å². The normalized spacial score (nSPS) is 38.9. The minimum absolute atomic E-state index is 0.240. The molecule has 2 fully saturated rings. The molecule has 21 heavy (non-hydrogen) atoms. The van der Waals surface area contributed by atoms with Crippen molar-refractivity contribution in [2.75, 3.05) is 6.61 Å². The summed E-state index contributed by atoms with van der Waals surface area (Å²) in [5, 5.41) is 20.9. The van der Waals surface area contributed by atoms with Crippen molar-refractivity contribution in [2.24, 2.45) is 0 Å². The van der Waals surface area contributed by atoms with Crippen molar-refractivity contribution < 1.29 is 19.7 Å². The summed E-state index contributed by atoms with van der Waals surface area (Å²) in [7, 11) is 0. The molecule has 2 aliphatic rings. The van der Waals surface area contributed by atoms with Crippen LogP contribution in [0.15, 0.2) is 30.3 Å². The fourth-order valence-corrected chi connectivity index (χ4v) is 3.63. The van der Waals surface area contributed by atoms with Crippen LogP contribution in [0.3, 0.4) is 0 Å². The molecule has 2 aliphatic heterocycles. The SMILES string of the molecule is CCC[C@@]12CO[C@H](c3ccccc3)N1C(=O)[C@](C)(O)[C@@H]2O. The Morgan fingerprint density at radius 1 is 1.38 bits per heavy atom. The van der Waals surface area contributed by atoms with Crippen LogP contribution in [0, 0.1) is 0 Å². The zero-order valence-corrected chi connectivity index (χ0v) is 12.3. The minimum atomic E-state index is -1.76. The minimum Gasteiger partial charge on any atom is -0.387 e. The first kappa shape index (κ1) is 14.5. The Labute approximate surface area is 124 Å². The van der Waals surface area contributed by atoms with Crippen molar-refractivity contribution in [3.8, 4) is 0 Å². The van der Waals surface area contributed by atoms with Crippen LogP contribution < -0.4 is 0 Å². The Morgan fingerprint density at radius 2 is 2.05 bits per heavy atom. The molecule has 5 nitrogen and oxygen atoms in total. The molecule has 1 aromatic carbocycles. The lowest BCUT2D eigenvalue weighted by Gasteiger charge is -2.34. The molecular formula is C16H21NO4. The first-order chi connectivity index (χ1) is 9.95. The molecule has 2 heterocycles. The van der Waals surface area contributed by atoms with Crippen LogP contribution in [0.1, 0.15) is 38.5 Å². The van der Waals surface area contributed by atoms with Crippen molar-refractivity contribution in [1.82, 2.24) is 4.90 Å². The van der Waals surface area contributed by atoms with E-state index in [1.54, 1.807) is 4.90 Å². The summed E-state index contributed by atoms with van der Waals surface area (Å²) in [5.74, 6) is -0.463. The van der Waals surface area contributed by atoms with Gasteiger partial charge in [-0.2, -0.15) is 0 Å². The maximum atomic E-state index is 12.6. The lowest BCUT2D eigenvalue weighted by atomic mass is 9.84. The highest BCUT2D eigenvalue weighted by Crippen LogP contribution is 2.50. The summed E-state index contributed by atoms with van der Waals surface area (Å²) in [6, 6.07) is 9.44. The van der Waals surface area contributed by atoms with Crippen molar-refractivity contribution in [3.05, 3.63) is 35.9 Å². The lowest BCUT2D eigenvalue weighted by molar-refractivity contribution is -0.152. The second kappa shape index (κ2) is 4.80. The van der Waals surface area contributed by atoms with Crippen LogP contribution in [-0.2, 0) is 9.53 Å². The predicted octanol–water partition coefficient (Wildman–Crippen LogP) is 1.21. The summed E-state index contributed by atoms with van der Waals surface area (Å²) in [6.07, 6.45) is -0.304. The monoisotopic (exact) mass is 291 g/mol. The third kappa shape index (κ3) is 1.84. The molecule has 5 heteroatoms. The number of hydrogen-bond donors (Lipinski definition) is 2. The van der Waals surface area contributed by atoms with E-state index in [4.69, 9.17) is 4.74 Å². The smallest absolute Gasteiger partial charge is 0.259 e. The van der Waals surface area contributed by atoms with Gasteiger partial charge in [0.05, 0.1) is 12.1 Å². The number of nitrogens with zero attached hydrogens (tertiary/aromatic N) is 1. The second-order valence-corrected chi connectivity index (χ2v) is 6.15. The number of hydrogen-bond acceptors (Lipinski definition) is 4. The Hall–Kier alpha value is -1.43. The standard InChI is InChI=1S/C16H21NO4/c1-3-9-16-10-21-12(11-7-5-4-6-8-11)17(16)14(19)15(2,20)13(16)18/h4-8,12-13,18,20H,3,9-10H2,1-2H3/t12-,13+,15-,16+/m1/s1. The molecule has 1 aromatic rings. The number of aliphatic hydroxyl groups excluding tert-OH is 1. The fraction of sp³-hybridized carbons (Fsp3) is 0.562. The molecule has 4 atom stereocenters. The summed E-state index contributed by atoms with van der Waals surface area (Å²) in [6.45, 7) is 3.62. The quantitative estimate of drug-likeness (QED) is 0.878. The van der Waals surface area contributed by atoms with Crippen LogP contribution in [0.5, 0.6) is 0 Å². The van der Waals surface area contributed by atoms with Crippen LogP contribution in [-0.4, -0.2) is 44.9 Å². The van der Waals surface area contributed by atoms with Crippen LogP contribution in [0.4, 0.5) is 0 Å². The number of benzene rings is 1. The van der Waals surface area contributed by atoms with E-state index in [1.807, 2.05) is 37.3 Å². The van der Waals surface area contributed by atoms with E-state index in [0.29, 0.717) is 6.42 Å². The van der Waals surface area contributed by atoms with Gasteiger partial charge in [-0.1, -0.05) is 43.7 Å². The summed E-state index contributed by atoms with van der Waals surface area (Å²) in [4.78, 5) is 14.2. The van der Waals surface area contributed by atoms with E-state index in [2.05, 4.69) is 0 Å². The van der Waals surface area contributed by atoms with E-state index >= 15 is 0 Å². The molecule has 2 saturated heterocycles. The van der Waals surface area contributed by atoms with Crippen LogP contribution in [0.2, 0.25) is 0 Å². The van der Waals surface area contributed by atoms with Gasteiger partial charge in [0.15, 0.2) is 11.8 Å². The van der Waals surface area contributed by atoms with Crippen LogP contribution in [0.25, 0.3) is 0 Å². The molecule has 0 spiro atoms. The third-order valence-corrected chi connectivity index (χ3v) is 4.67. The largest absolute Gasteiger partial charge is 0.387 e. The maximum absolute atomic E-state index is 12.6. The number of carbonyl (C=O) groups excluding carboxylic acids is 1. The Bertz CT molecular complexity index is 544. The van der Waals surface area contributed by atoms with E-state index in [9.17, 15) is 15.0 Å². The zero-order valence-electron chi connectivity index (χ0n) is 12.3. The highest BCUT2D eigenvalue weighted by molar-refractivity contribution is 5.90. The van der Waals surface area contributed by atoms with Gasteiger partial charge in [0.2, 0.25) is 0 Å². The molecular weight excluding hydrogens is 270 g/mol. The summed E-state index contributed by atoms with van der Waals surface area (Å²) < 4.78 is 5.83. The molecule has 0 aliphatic carbocycles. The highest BCUT2D eigenvalue weighted by atomic mass is 16.5. The Kier molecular flexibility index (Phi) is 3.31. The number of fused-ring (bicyclic) bond motifs is 1. The van der Waals surface area contributed by atoms with Crippen molar-refractivity contribution in [2.45, 2.75) is 50.2 Å². The van der Waals surface area contributed by atoms with Crippen LogP contribution >= 0.6 is 0 Å². The van der Waals surface area contributed by atoms with Gasteiger partial charge < -0.3 is 14.9 Å². The average Bonchev–Trinajstić information content (AvgIpc) is 2.92. The Morgan fingerprint density at radius 3 is 2.67 bits per heavy atom. The molecule has 114 valence electrons. The molecule has 0 radical (unpaired) electrons. The molecule has 0 aromatic heterocycles. The second-order valence-electron chi connectivity index (χ2n) is 6.15. The summed E-state index contributed by atoms with van der Waals surface area (Å²) >= 11 is 0. The Balaban J connectivity index is 2.05. The zero-order chi connectivity index (χ0) is 15.3. The third-order valence-electron chi connectivity index (χ3n) is 4.67. The van der Waals surface area contributed by atoms with Gasteiger partial charge >= 0.3 is 0 Å². The van der Waals surface area contributed by atoms with Crippen molar-refractivity contribution in [3.63, 3.8) is 0 Å². The topological polar surface area (TPSA) is 70.0 Å². The average molecular weight is 291 g/mol. The molecule has 2 N–H and O–H groups in total. The molecule has 0 bridgehead atoms. The number of aliphatic hydroxyl groups is 2. The summed E-state index contributed by atoms with van der Waals surface area (Å²) in [5.41, 5.74) is -1.74. The highest BCUT2D eigenvalue weighted by Gasteiger charge is 2.68. The molecule has 0 saturated carbocycles. The molecule has 1 amide bonds. The predicted molar refractivity (Wildman–Crippen MR) is 76.3 cm³/mol. The van der Waals surface area contributed by atoms with Gasteiger partial charge in [-0.25, -0.2) is 0 Å². The first-order valence-electron chi connectivity index (χ1n) is 7.36. The maximum Gasteiger partial charge on any atom is 0.259 e. The van der Waals surface area contributed by atoms with Gasteiger partial charge in [0.1, 0.15) is 6.10 Å². The van der Waals surface area contributed by atoms with Gasteiger partial charge in [0, 0.05) is 5.56 Å². The van der Waals surface area contributed by atoms with E-state index < -0.39 is 29.4 Å². The first-order valence-corrected chi connectivity index (χ1v) is 7.36. The fourth-order valence-electron chi connectivity index (χ4n) is 3.63. The van der Waals surface area contributed by atoms with Crippen molar-refractivity contribution >= 4 is 5.91 Å². The van der Waals surface area contributed by atoms with Gasteiger partial charge in [0.25, 0.3) is 5.91 Å². The van der Waals surface area contributed by atoms with Gasteiger partial charge in [-0.15, -0.1) is 0 Å². The molecule has 0 unspecified atom stereocenters. The number of amides is 1. The number of carbonyl (C=O) groups is 1. The van der Waals surface area contributed by atoms with E-state index in [1.165, 1.54) is 6.92 Å². The van der Waals surface area contributed by atoms with Gasteiger partial charge in [-0.05, 0) is 13.3 Å². The number of rotatable bonds is 3.